The monoisotopic (exact) mass is 382 g/mol. The third-order valence-electron chi connectivity index (χ3n) is 5.54. The van der Waals surface area contributed by atoms with E-state index in [0.717, 1.165) is 56.7 Å². The molecule has 0 saturated carbocycles. The van der Waals surface area contributed by atoms with Crippen LogP contribution in [0.5, 0.6) is 0 Å². The second-order valence-electron chi connectivity index (χ2n) is 7.46. The molecule has 2 amide bonds. The number of piperidine rings is 2. The molecule has 2 aliphatic rings. The van der Waals surface area contributed by atoms with E-state index in [9.17, 15) is 9.59 Å². The van der Waals surface area contributed by atoms with E-state index in [2.05, 4.69) is 20.9 Å². The van der Waals surface area contributed by atoms with Gasteiger partial charge in [-0.25, -0.2) is 4.68 Å². The van der Waals surface area contributed by atoms with Crippen molar-refractivity contribution in [1.29, 1.82) is 0 Å². The molecule has 0 bridgehead atoms. The molecule has 4 rings (SSSR count). The normalized spacial score (nSPS) is 18.3. The van der Waals surface area contributed by atoms with Crippen LogP contribution in [0.4, 0.5) is 11.4 Å². The summed E-state index contributed by atoms with van der Waals surface area (Å²) in [7, 11) is 0. The van der Waals surface area contributed by atoms with Gasteiger partial charge >= 0.3 is 0 Å². The van der Waals surface area contributed by atoms with E-state index in [-0.39, 0.29) is 17.9 Å². The highest BCUT2D eigenvalue weighted by Crippen LogP contribution is 2.25. The van der Waals surface area contributed by atoms with Crippen LogP contribution in [0.1, 0.15) is 54.3 Å². The quantitative estimate of drug-likeness (QED) is 0.846. The molecule has 0 atom stereocenters. The first-order valence-electron chi connectivity index (χ1n) is 9.98. The lowest BCUT2D eigenvalue weighted by Crippen LogP contribution is -2.35. The summed E-state index contributed by atoms with van der Waals surface area (Å²) in [5.41, 5.74) is 2.60. The molecule has 1 aromatic carbocycles. The van der Waals surface area contributed by atoms with Crippen molar-refractivity contribution in [1.82, 2.24) is 20.3 Å². The standard InChI is InChI=1S/C20H26N6O2/c1-14-19(23-24-26(14)16-8-10-21-11-9-16)20(28)22-15-5-4-6-17(13-15)25-12-3-2-7-18(25)27/h4-6,13,16,21H,2-3,7-12H2,1H3,(H,22,28). The maximum atomic E-state index is 12.8. The number of carbonyl (C=O) groups is 2. The van der Waals surface area contributed by atoms with Gasteiger partial charge in [-0.05, 0) is 63.9 Å². The van der Waals surface area contributed by atoms with Crippen LogP contribution in [0.2, 0.25) is 0 Å². The molecule has 0 unspecified atom stereocenters. The molecule has 2 saturated heterocycles. The van der Waals surface area contributed by atoms with Gasteiger partial charge in [0.1, 0.15) is 0 Å². The summed E-state index contributed by atoms with van der Waals surface area (Å²) in [4.78, 5) is 26.7. The van der Waals surface area contributed by atoms with Crippen LogP contribution < -0.4 is 15.5 Å². The number of carbonyl (C=O) groups excluding carboxylic acids is 2. The Morgan fingerprint density at radius 2 is 2.07 bits per heavy atom. The van der Waals surface area contributed by atoms with Gasteiger partial charge in [0, 0.05) is 24.3 Å². The van der Waals surface area contributed by atoms with Crippen molar-refractivity contribution in [3.05, 3.63) is 35.7 Å². The van der Waals surface area contributed by atoms with Crippen molar-refractivity contribution in [2.75, 3.05) is 29.9 Å². The van der Waals surface area contributed by atoms with Crippen LogP contribution >= 0.6 is 0 Å². The van der Waals surface area contributed by atoms with Crippen molar-refractivity contribution in [3.8, 4) is 0 Å². The maximum absolute atomic E-state index is 12.8. The van der Waals surface area contributed by atoms with Crippen molar-refractivity contribution in [2.24, 2.45) is 0 Å². The topological polar surface area (TPSA) is 92.2 Å². The van der Waals surface area contributed by atoms with Crippen LogP contribution in [0, 0.1) is 6.92 Å². The van der Waals surface area contributed by atoms with Crippen molar-refractivity contribution in [3.63, 3.8) is 0 Å². The Morgan fingerprint density at radius 1 is 1.25 bits per heavy atom. The summed E-state index contributed by atoms with van der Waals surface area (Å²) in [6.45, 7) is 4.51. The molecule has 148 valence electrons. The molecule has 0 spiro atoms. The van der Waals surface area contributed by atoms with E-state index in [4.69, 9.17) is 0 Å². The largest absolute Gasteiger partial charge is 0.320 e. The number of rotatable bonds is 4. The number of nitrogens with zero attached hydrogens (tertiary/aromatic N) is 4. The first-order valence-corrected chi connectivity index (χ1v) is 9.98. The van der Waals surface area contributed by atoms with Crippen LogP contribution in [-0.4, -0.2) is 46.4 Å². The van der Waals surface area contributed by atoms with Crippen LogP contribution in [0.25, 0.3) is 0 Å². The minimum absolute atomic E-state index is 0.135. The van der Waals surface area contributed by atoms with E-state index in [1.807, 2.05) is 35.9 Å². The molecule has 8 nitrogen and oxygen atoms in total. The predicted octanol–water partition coefficient (Wildman–Crippen LogP) is 2.28. The van der Waals surface area contributed by atoms with Gasteiger partial charge in [0.2, 0.25) is 5.91 Å². The SMILES string of the molecule is Cc1c(C(=O)Nc2cccc(N3CCCCC3=O)c2)nnn1C1CCNCC1. The van der Waals surface area contributed by atoms with E-state index >= 15 is 0 Å². The maximum Gasteiger partial charge on any atom is 0.278 e. The summed E-state index contributed by atoms with van der Waals surface area (Å²) in [5.74, 6) is -0.143. The fourth-order valence-electron chi connectivity index (χ4n) is 3.97. The number of benzene rings is 1. The number of aromatic nitrogens is 3. The molecule has 0 aliphatic carbocycles. The summed E-state index contributed by atoms with van der Waals surface area (Å²) in [6.07, 6.45) is 4.49. The molecule has 28 heavy (non-hydrogen) atoms. The zero-order valence-corrected chi connectivity index (χ0v) is 16.1. The minimum atomic E-state index is -0.278. The molecule has 0 radical (unpaired) electrons. The first kappa shape index (κ1) is 18.6. The van der Waals surface area contributed by atoms with E-state index < -0.39 is 0 Å². The van der Waals surface area contributed by atoms with Crippen LogP contribution in [0.3, 0.4) is 0 Å². The van der Waals surface area contributed by atoms with E-state index in [0.29, 0.717) is 17.8 Å². The Kier molecular flexibility index (Phi) is 5.38. The molecule has 3 heterocycles. The van der Waals surface area contributed by atoms with E-state index in [1.165, 1.54) is 0 Å². The minimum Gasteiger partial charge on any atom is -0.320 e. The van der Waals surface area contributed by atoms with E-state index in [1.54, 1.807) is 4.90 Å². The van der Waals surface area contributed by atoms with Crippen LogP contribution in [0.15, 0.2) is 24.3 Å². The molecule has 2 N–H and O–H groups in total. The summed E-state index contributed by atoms with van der Waals surface area (Å²) in [6, 6.07) is 7.70. The number of anilines is 2. The average molecular weight is 382 g/mol. The summed E-state index contributed by atoms with van der Waals surface area (Å²) < 4.78 is 1.87. The lowest BCUT2D eigenvalue weighted by atomic mass is 10.1. The van der Waals surface area contributed by atoms with Gasteiger partial charge in [-0.2, -0.15) is 0 Å². The predicted molar refractivity (Wildman–Crippen MR) is 106 cm³/mol. The average Bonchev–Trinajstić information content (AvgIpc) is 3.11. The molecular weight excluding hydrogens is 356 g/mol. The van der Waals surface area contributed by atoms with Gasteiger partial charge in [-0.15, -0.1) is 5.10 Å². The Balaban J connectivity index is 1.49. The van der Waals surface area contributed by atoms with Gasteiger partial charge in [0.05, 0.1) is 11.7 Å². The number of nitrogens with one attached hydrogen (secondary N) is 2. The first-order chi connectivity index (χ1) is 13.6. The highest BCUT2D eigenvalue weighted by atomic mass is 16.2. The Morgan fingerprint density at radius 3 is 2.86 bits per heavy atom. The Hall–Kier alpha value is -2.74. The van der Waals surface area contributed by atoms with Gasteiger partial charge < -0.3 is 15.5 Å². The molecule has 8 heteroatoms. The fourth-order valence-corrected chi connectivity index (χ4v) is 3.97. The lowest BCUT2D eigenvalue weighted by molar-refractivity contribution is -0.119. The third kappa shape index (κ3) is 3.77. The summed E-state index contributed by atoms with van der Waals surface area (Å²) >= 11 is 0. The molecule has 2 aliphatic heterocycles. The number of amides is 2. The second-order valence-corrected chi connectivity index (χ2v) is 7.46. The van der Waals surface area contributed by atoms with Crippen molar-refractivity contribution >= 4 is 23.2 Å². The highest BCUT2D eigenvalue weighted by molar-refractivity contribution is 6.04. The number of hydrogen-bond acceptors (Lipinski definition) is 5. The van der Waals surface area contributed by atoms with Crippen LogP contribution in [-0.2, 0) is 4.79 Å². The van der Waals surface area contributed by atoms with Gasteiger partial charge in [-0.3, -0.25) is 9.59 Å². The highest BCUT2D eigenvalue weighted by Gasteiger charge is 2.24. The molecular formula is C20H26N6O2. The molecule has 2 fully saturated rings. The molecule has 2 aromatic rings. The molecule has 1 aromatic heterocycles. The zero-order valence-electron chi connectivity index (χ0n) is 16.1. The Labute approximate surface area is 164 Å². The summed E-state index contributed by atoms with van der Waals surface area (Å²) in [5, 5.41) is 14.6. The van der Waals surface area contributed by atoms with Crippen molar-refractivity contribution in [2.45, 2.75) is 45.1 Å². The Bertz CT molecular complexity index is 871. The van der Waals surface area contributed by atoms with Gasteiger partial charge in [0.25, 0.3) is 5.91 Å². The third-order valence-corrected chi connectivity index (χ3v) is 5.54. The second kappa shape index (κ2) is 8.10. The number of hydrogen-bond donors (Lipinski definition) is 2. The van der Waals surface area contributed by atoms with Gasteiger partial charge in [-0.1, -0.05) is 11.3 Å². The lowest BCUT2D eigenvalue weighted by Gasteiger charge is -2.27. The fraction of sp³-hybridized carbons (Fsp3) is 0.500. The smallest absolute Gasteiger partial charge is 0.278 e. The zero-order chi connectivity index (χ0) is 19.5. The van der Waals surface area contributed by atoms with Gasteiger partial charge in [0.15, 0.2) is 5.69 Å². The van der Waals surface area contributed by atoms with Crippen molar-refractivity contribution < 1.29 is 9.59 Å².